The molecule has 2 aromatic carbocycles. The van der Waals surface area contributed by atoms with E-state index in [0.717, 1.165) is 27.9 Å². The number of amides is 1. The fraction of sp³-hybridized carbons (Fsp3) is 0.100. The molecule has 0 saturated carbocycles. The number of carbonyl (C=O) groups excluding carboxylic acids is 1. The maximum atomic E-state index is 12.6. The monoisotopic (exact) mass is 346 g/mol. The van der Waals surface area contributed by atoms with Gasteiger partial charge in [0.1, 0.15) is 11.4 Å². The number of hydrogen-bond donors (Lipinski definition) is 2. The number of nitrogens with zero attached hydrogens (tertiary/aromatic N) is 2. The molecule has 0 aliphatic carbocycles. The van der Waals surface area contributed by atoms with Gasteiger partial charge in [0.25, 0.3) is 5.91 Å². The molecule has 0 saturated heterocycles. The highest BCUT2D eigenvalue weighted by Crippen LogP contribution is 2.22. The zero-order valence-electron chi connectivity index (χ0n) is 14.3. The van der Waals surface area contributed by atoms with E-state index < -0.39 is 0 Å². The Hall–Kier alpha value is -3.54. The van der Waals surface area contributed by atoms with Gasteiger partial charge in [0.05, 0.1) is 13.4 Å². The first-order chi connectivity index (χ1) is 12.7. The molecule has 4 aromatic rings. The van der Waals surface area contributed by atoms with Crippen molar-refractivity contribution < 1.29 is 9.53 Å². The maximum absolute atomic E-state index is 12.6. The summed E-state index contributed by atoms with van der Waals surface area (Å²) in [5.41, 5.74) is 3.21. The van der Waals surface area contributed by atoms with Crippen molar-refractivity contribution in [1.29, 1.82) is 0 Å². The van der Waals surface area contributed by atoms with Gasteiger partial charge in [0.15, 0.2) is 0 Å². The number of benzene rings is 2. The molecule has 0 bridgehead atoms. The molecule has 0 aliphatic heterocycles. The zero-order chi connectivity index (χ0) is 17.9. The molecule has 2 aromatic heterocycles. The first kappa shape index (κ1) is 16.0. The number of anilines is 1. The van der Waals surface area contributed by atoms with E-state index in [4.69, 9.17) is 4.74 Å². The highest BCUT2D eigenvalue weighted by atomic mass is 16.5. The Bertz CT molecular complexity index is 1050. The van der Waals surface area contributed by atoms with Crippen LogP contribution in [-0.4, -0.2) is 27.6 Å². The molecule has 6 nitrogen and oxygen atoms in total. The van der Waals surface area contributed by atoms with Gasteiger partial charge in [0, 0.05) is 41.6 Å². The predicted octanol–water partition coefficient (Wildman–Crippen LogP) is 3.67. The summed E-state index contributed by atoms with van der Waals surface area (Å²) in [5, 5.41) is 3.90. The number of imidazole rings is 1. The van der Waals surface area contributed by atoms with Crippen LogP contribution in [0.2, 0.25) is 0 Å². The SMILES string of the molecule is COc1ccc2cc(C(=O)Nc3cccc(Cn4ccnc4)c3)[nH]c2c1. The van der Waals surface area contributed by atoms with Gasteiger partial charge in [-0.3, -0.25) is 4.79 Å². The van der Waals surface area contributed by atoms with Crippen LogP contribution < -0.4 is 10.1 Å². The first-order valence-corrected chi connectivity index (χ1v) is 8.24. The summed E-state index contributed by atoms with van der Waals surface area (Å²) in [6.07, 6.45) is 5.42. The van der Waals surface area contributed by atoms with Crippen molar-refractivity contribution in [2.75, 3.05) is 12.4 Å². The van der Waals surface area contributed by atoms with Crippen LogP contribution in [0, 0.1) is 0 Å². The average Bonchev–Trinajstić information content (AvgIpc) is 3.30. The quantitative estimate of drug-likeness (QED) is 0.579. The smallest absolute Gasteiger partial charge is 0.272 e. The summed E-state index contributed by atoms with van der Waals surface area (Å²) < 4.78 is 7.20. The van der Waals surface area contributed by atoms with Crippen LogP contribution in [0.15, 0.2) is 67.3 Å². The number of nitrogens with one attached hydrogen (secondary N) is 2. The van der Waals surface area contributed by atoms with Gasteiger partial charge in [-0.25, -0.2) is 4.98 Å². The number of aromatic amines is 1. The lowest BCUT2D eigenvalue weighted by atomic mass is 10.2. The van der Waals surface area contributed by atoms with Crippen molar-refractivity contribution in [3.63, 3.8) is 0 Å². The molecule has 2 N–H and O–H groups in total. The molecular weight excluding hydrogens is 328 g/mol. The van der Waals surface area contributed by atoms with Crippen LogP contribution in [-0.2, 0) is 6.54 Å². The van der Waals surface area contributed by atoms with Gasteiger partial charge in [-0.2, -0.15) is 0 Å². The molecule has 0 aliphatic rings. The minimum absolute atomic E-state index is 0.181. The lowest BCUT2D eigenvalue weighted by Crippen LogP contribution is -2.12. The van der Waals surface area contributed by atoms with Crippen LogP contribution >= 0.6 is 0 Å². The standard InChI is InChI=1S/C20H18N4O2/c1-26-17-6-5-15-10-19(23-18(15)11-17)20(25)22-16-4-2-3-14(9-16)12-24-8-7-21-13-24/h2-11,13,23H,12H2,1H3,(H,22,25). The third-order valence-corrected chi connectivity index (χ3v) is 4.18. The maximum Gasteiger partial charge on any atom is 0.272 e. The third kappa shape index (κ3) is 3.30. The van der Waals surface area contributed by atoms with E-state index >= 15 is 0 Å². The molecule has 130 valence electrons. The summed E-state index contributed by atoms with van der Waals surface area (Å²) in [7, 11) is 1.62. The number of methoxy groups -OCH3 is 1. The van der Waals surface area contributed by atoms with Crippen molar-refractivity contribution >= 4 is 22.5 Å². The van der Waals surface area contributed by atoms with E-state index in [9.17, 15) is 4.79 Å². The van der Waals surface area contributed by atoms with E-state index in [-0.39, 0.29) is 5.91 Å². The summed E-state index contributed by atoms with van der Waals surface area (Å²) in [6, 6.07) is 15.3. The van der Waals surface area contributed by atoms with Gasteiger partial charge in [-0.05, 0) is 35.9 Å². The largest absolute Gasteiger partial charge is 0.497 e. The van der Waals surface area contributed by atoms with Crippen molar-refractivity contribution in [2.45, 2.75) is 6.54 Å². The Morgan fingerprint density at radius 1 is 1.23 bits per heavy atom. The number of fused-ring (bicyclic) bond motifs is 1. The fourth-order valence-corrected chi connectivity index (χ4v) is 2.89. The van der Waals surface area contributed by atoms with Crippen molar-refractivity contribution in [3.05, 3.63) is 78.5 Å². The minimum atomic E-state index is -0.181. The highest BCUT2D eigenvalue weighted by molar-refractivity contribution is 6.06. The van der Waals surface area contributed by atoms with Gasteiger partial charge in [-0.15, -0.1) is 0 Å². The number of aromatic nitrogens is 3. The molecular formula is C20H18N4O2. The second kappa shape index (κ2) is 6.76. The number of hydrogen-bond acceptors (Lipinski definition) is 3. The van der Waals surface area contributed by atoms with E-state index in [1.807, 2.05) is 59.3 Å². The van der Waals surface area contributed by atoms with Gasteiger partial charge < -0.3 is 19.6 Å². The Labute approximate surface area is 150 Å². The summed E-state index contributed by atoms with van der Waals surface area (Å²) in [5.74, 6) is 0.568. The van der Waals surface area contributed by atoms with Gasteiger partial charge in [-0.1, -0.05) is 12.1 Å². The normalized spacial score (nSPS) is 10.8. The van der Waals surface area contributed by atoms with Crippen molar-refractivity contribution in [1.82, 2.24) is 14.5 Å². The van der Waals surface area contributed by atoms with Crippen LogP contribution in [0.25, 0.3) is 10.9 Å². The molecule has 0 fully saturated rings. The van der Waals surface area contributed by atoms with E-state index in [0.29, 0.717) is 12.2 Å². The minimum Gasteiger partial charge on any atom is -0.497 e. The topological polar surface area (TPSA) is 71.9 Å². The lowest BCUT2D eigenvalue weighted by Gasteiger charge is -2.07. The number of H-pyrrole nitrogens is 1. The van der Waals surface area contributed by atoms with Crippen LogP contribution in [0.3, 0.4) is 0 Å². The molecule has 0 radical (unpaired) electrons. The molecule has 0 atom stereocenters. The molecule has 2 heterocycles. The number of ether oxygens (including phenoxy) is 1. The Balaban J connectivity index is 1.52. The summed E-state index contributed by atoms with van der Waals surface area (Å²) in [4.78, 5) is 19.8. The molecule has 0 spiro atoms. The Kier molecular flexibility index (Phi) is 4.15. The van der Waals surface area contributed by atoms with Crippen molar-refractivity contribution in [3.8, 4) is 5.75 Å². The van der Waals surface area contributed by atoms with Crippen LogP contribution in [0.5, 0.6) is 5.75 Å². The second-order valence-electron chi connectivity index (χ2n) is 6.03. The van der Waals surface area contributed by atoms with Crippen molar-refractivity contribution in [2.24, 2.45) is 0 Å². The summed E-state index contributed by atoms with van der Waals surface area (Å²) >= 11 is 0. The van der Waals surface area contributed by atoms with E-state index in [1.165, 1.54) is 0 Å². The molecule has 1 amide bonds. The highest BCUT2D eigenvalue weighted by Gasteiger charge is 2.11. The number of rotatable bonds is 5. The molecule has 26 heavy (non-hydrogen) atoms. The first-order valence-electron chi connectivity index (χ1n) is 8.24. The fourth-order valence-electron chi connectivity index (χ4n) is 2.89. The van der Waals surface area contributed by atoms with Gasteiger partial charge >= 0.3 is 0 Å². The Morgan fingerprint density at radius 2 is 2.15 bits per heavy atom. The Morgan fingerprint density at radius 3 is 2.96 bits per heavy atom. The third-order valence-electron chi connectivity index (χ3n) is 4.18. The van der Waals surface area contributed by atoms with Gasteiger partial charge in [0.2, 0.25) is 0 Å². The number of carbonyl (C=O) groups is 1. The van der Waals surface area contributed by atoms with E-state index in [1.54, 1.807) is 19.6 Å². The average molecular weight is 346 g/mol. The molecule has 4 rings (SSSR count). The zero-order valence-corrected chi connectivity index (χ0v) is 14.3. The molecule has 6 heteroatoms. The predicted molar refractivity (Wildman–Crippen MR) is 101 cm³/mol. The van der Waals surface area contributed by atoms with E-state index in [2.05, 4.69) is 15.3 Å². The van der Waals surface area contributed by atoms with Crippen LogP contribution in [0.1, 0.15) is 16.1 Å². The van der Waals surface area contributed by atoms with Crippen LogP contribution in [0.4, 0.5) is 5.69 Å². The summed E-state index contributed by atoms with van der Waals surface area (Å²) in [6.45, 7) is 0.704. The lowest BCUT2D eigenvalue weighted by molar-refractivity contribution is 0.102. The molecule has 0 unspecified atom stereocenters. The second-order valence-corrected chi connectivity index (χ2v) is 6.03.